The zero-order chi connectivity index (χ0) is 16.1. The van der Waals surface area contributed by atoms with Gasteiger partial charge in [-0.3, -0.25) is 4.79 Å². The Kier molecular flexibility index (Phi) is 6.24. The van der Waals surface area contributed by atoms with Gasteiger partial charge in [0.1, 0.15) is 0 Å². The number of hydrogen-bond donors (Lipinski definition) is 1. The van der Waals surface area contributed by atoms with Gasteiger partial charge in [0.05, 0.1) is 4.90 Å². The average molecular weight is 341 g/mol. The third kappa shape index (κ3) is 6.06. The SMILES string of the molecule is CCC(=O)c1cccc(S(=O)(=O)NCCSC(F)(F)F)c1. The van der Waals surface area contributed by atoms with Crippen LogP contribution in [0.5, 0.6) is 0 Å². The molecule has 4 nitrogen and oxygen atoms in total. The maximum absolute atomic E-state index is 11.9. The van der Waals surface area contributed by atoms with Crippen molar-refractivity contribution in [3.8, 4) is 0 Å². The molecule has 0 bridgehead atoms. The minimum atomic E-state index is -4.39. The van der Waals surface area contributed by atoms with Crippen LogP contribution in [0.2, 0.25) is 0 Å². The first-order chi connectivity index (χ1) is 9.65. The van der Waals surface area contributed by atoms with Gasteiger partial charge in [-0.2, -0.15) is 13.2 Å². The van der Waals surface area contributed by atoms with E-state index in [2.05, 4.69) is 4.72 Å². The summed E-state index contributed by atoms with van der Waals surface area (Å²) in [5.74, 6) is -0.629. The van der Waals surface area contributed by atoms with Crippen molar-refractivity contribution in [3.63, 3.8) is 0 Å². The molecule has 0 fully saturated rings. The first kappa shape index (κ1) is 18.0. The van der Waals surface area contributed by atoms with Crippen LogP contribution in [0.3, 0.4) is 0 Å². The van der Waals surface area contributed by atoms with E-state index in [-0.39, 0.29) is 41.0 Å². The normalized spacial score (nSPS) is 12.4. The lowest BCUT2D eigenvalue weighted by Crippen LogP contribution is -2.27. The lowest BCUT2D eigenvalue weighted by atomic mass is 10.1. The van der Waals surface area contributed by atoms with E-state index in [0.29, 0.717) is 0 Å². The number of benzene rings is 1. The zero-order valence-electron chi connectivity index (χ0n) is 11.1. The van der Waals surface area contributed by atoms with Gasteiger partial charge in [0.25, 0.3) is 0 Å². The lowest BCUT2D eigenvalue weighted by Gasteiger charge is -2.09. The van der Waals surface area contributed by atoms with Crippen LogP contribution >= 0.6 is 11.8 Å². The molecule has 0 radical (unpaired) electrons. The van der Waals surface area contributed by atoms with Gasteiger partial charge >= 0.3 is 5.51 Å². The number of ketones is 1. The molecule has 21 heavy (non-hydrogen) atoms. The maximum Gasteiger partial charge on any atom is 0.441 e. The number of carbonyl (C=O) groups excluding carboxylic acids is 1. The van der Waals surface area contributed by atoms with Crippen molar-refractivity contribution in [2.75, 3.05) is 12.3 Å². The van der Waals surface area contributed by atoms with Crippen molar-refractivity contribution in [3.05, 3.63) is 29.8 Å². The first-order valence-corrected chi connectivity index (χ1v) is 8.46. The van der Waals surface area contributed by atoms with E-state index in [1.54, 1.807) is 6.92 Å². The van der Waals surface area contributed by atoms with E-state index in [4.69, 9.17) is 0 Å². The number of hydrogen-bond acceptors (Lipinski definition) is 4. The molecule has 0 unspecified atom stereocenters. The molecule has 1 N–H and O–H groups in total. The maximum atomic E-state index is 11.9. The smallest absolute Gasteiger partial charge is 0.294 e. The van der Waals surface area contributed by atoms with Gasteiger partial charge < -0.3 is 0 Å². The van der Waals surface area contributed by atoms with Crippen LogP contribution in [0.1, 0.15) is 23.7 Å². The lowest BCUT2D eigenvalue weighted by molar-refractivity contribution is -0.0327. The molecule has 0 saturated carbocycles. The fourth-order valence-electron chi connectivity index (χ4n) is 1.47. The number of carbonyl (C=O) groups is 1. The van der Waals surface area contributed by atoms with Crippen LogP contribution in [-0.4, -0.2) is 32.0 Å². The van der Waals surface area contributed by atoms with Crippen LogP contribution in [-0.2, 0) is 10.0 Å². The molecule has 118 valence electrons. The molecule has 9 heteroatoms. The van der Waals surface area contributed by atoms with Gasteiger partial charge in [-0.05, 0) is 23.9 Å². The van der Waals surface area contributed by atoms with E-state index in [1.807, 2.05) is 0 Å². The van der Waals surface area contributed by atoms with Crippen LogP contribution in [0.25, 0.3) is 0 Å². The van der Waals surface area contributed by atoms with E-state index in [9.17, 15) is 26.4 Å². The quantitative estimate of drug-likeness (QED) is 0.612. The fourth-order valence-corrected chi connectivity index (χ4v) is 3.11. The van der Waals surface area contributed by atoms with Gasteiger partial charge in [0, 0.05) is 24.3 Å². The Balaban J connectivity index is 2.72. The summed E-state index contributed by atoms with van der Waals surface area (Å²) < 4.78 is 61.7. The molecule has 0 aliphatic carbocycles. The molecule has 0 atom stereocenters. The number of rotatable bonds is 7. The highest BCUT2D eigenvalue weighted by atomic mass is 32.2. The van der Waals surface area contributed by atoms with Crippen molar-refractivity contribution < 1.29 is 26.4 Å². The summed E-state index contributed by atoms with van der Waals surface area (Å²) in [6.07, 6.45) is 0.235. The number of thioether (sulfide) groups is 1. The van der Waals surface area contributed by atoms with Crippen molar-refractivity contribution >= 4 is 27.6 Å². The van der Waals surface area contributed by atoms with Gasteiger partial charge in [-0.15, -0.1) is 0 Å². The number of sulfonamides is 1. The van der Waals surface area contributed by atoms with Gasteiger partial charge in [0.15, 0.2) is 5.78 Å². The molecule has 1 rings (SSSR count). The number of Topliss-reactive ketones (excluding diaryl/α,β-unsaturated/α-hetero) is 1. The van der Waals surface area contributed by atoms with Gasteiger partial charge in [-0.25, -0.2) is 13.1 Å². The van der Waals surface area contributed by atoms with E-state index in [0.717, 1.165) is 0 Å². The Labute approximate surface area is 125 Å². The van der Waals surface area contributed by atoms with E-state index < -0.39 is 21.3 Å². The van der Waals surface area contributed by atoms with Gasteiger partial charge in [0.2, 0.25) is 10.0 Å². The van der Waals surface area contributed by atoms with Crippen molar-refractivity contribution in [2.24, 2.45) is 0 Å². The molecule has 0 aliphatic rings. The molecule has 0 saturated heterocycles. The Morgan fingerprint density at radius 2 is 2.00 bits per heavy atom. The molecular weight excluding hydrogens is 327 g/mol. The molecule has 0 heterocycles. The molecular formula is C12H14F3NO3S2. The number of nitrogens with one attached hydrogen (secondary N) is 1. The minimum Gasteiger partial charge on any atom is -0.294 e. The number of halogens is 3. The molecule has 1 aromatic rings. The predicted octanol–water partition coefficient (Wildman–Crippen LogP) is 2.81. The van der Waals surface area contributed by atoms with Crippen LogP contribution in [0.15, 0.2) is 29.2 Å². The summed E-state index contributed by atoms with van der Waals surface area (Å²) in [4.78, 5) is 11.4. The largest absolute Gasteiger partial charge is 0.441 e. The minimum absolute atomic E-state index is 0.140. The highest BCUT2D eigenvalue weighted by Gasteiger charge is 2.27. The summed E-state index contributed by atoms with van der Waals surface area (Å²) in [5.41, 5.74) is -4.14. The van der Waals surface area contributed by atoms with E-state index in [1.165, 1.54) is 24.3 Å². The third-order valence-electron chi connectivity index (χ3n) is 2.45. The summed E-state index contributed by atoms with van der Waals surface area (Å²) in [6.45, 7) is 1.30. The van der Waals surface area contributed by atoms with Crippen molar-refractivity contribution in [1.29, 1.82) is 0 Å². The van der Waals surface area contributed by atoms with Crippen LogP contribution in [0.4, 0.5) is 13.2 Å². The summed E-state index contributed by atoms with van der Waals surface area (Å²) in [5, 5.41) is 0. The Hall–Kier alpha value is -1.06. The summed E-state index contributed by atoms with van der Waals surface area (Å²) in [6, 6.07) is 5.41. The van der Waals surface area contributed by atoms with Gasteiger partial charge in [-0.1, -0.05) is 19.1 Å². The second kappa shape index (κ2) is 7.28. The second-order valence-electron chi connectivity index (χ2n) is 4.00. The van der Waals surface area contributed by atoms with Crippen LogP contribution < -0.4 is 4.72 Å². The highest BCUT2D eigenvalue weighted by Crippen LogP contribution is 2.29. The Morgan fingerprint density at radius 1 is 1.33 bits per heavy atom. The summed E-state index contributed by atoms with van der Waals surface area (Å²) in [7, 11) is -3.93. The molecule has 0 aliphatic heterocycles. The zero-order valence-corrected chi connectivity index (χ0v) is 12.7. The Bertz CT molecular complexity index is 600. The van der Waals surface area contributed by atoms with Crippen LogP contribution in [0, 0.1) is 0 Å². The Morgan fingerprint density at radius 3 is 2.57 bits per heavy atom. The van der Waals surface area contributed by atoms with E-state index >= 15 is 0 Å². The standard InChI is InChI=1S/C12H14F3NO3S2/c1-2-11(17)9-4-3-5-10(8-9)21(18,19)16-6-7-20-12(13,14)15/h3-5,8,16H,2,6-7H2,1H3. The molecule has 0 amide bonds. The first-order valence-electron chi connectivity index (χ1n) is 5.99. The second-order valence-corrected chi connectivity index (χ2v) is 6.92. The molecule has 0 aromatic heterocycles. The average Bonchev–Trinajstić information content (AvgIpc) is 2.42. The molecule has 1 aromatic carbocycles. The molecule has 0 spiro atoms. The van der Waals surface area contributed by atoms with Crippen molar-refractivity contribution in [2.45, 2.75) is 23.7 Å². The highest BCUT2D eigenvalue weighted by molar-refractivity contribution is 8.00. The monoisotopic (exact) mass is 341 g/mol. The van der Waals surface area contributed by atoms with Crippen molar-refractivity contribution in [1.82, 2.24) is 4.72 Å². The fraction of sp³-hybridized carbons (Fsp3) is 0.417. The topological polar surface area (TPSA) is 63.2 Å². The third-order valence-corrected chi connectivity index (χ3v) is 4.64. The number of alkyl halides is 3. The predicted molar refractivity (Wildman–Crippen MR) is 74.8 cm³/mol. The summed E-state index contributed by atoms with van der Waals surface area (Å²) >= 11 is -0.300.